The molecule has 1 aromatic rings. The first kappa shape index (κ1) is 7.96. The molecule has 0 unspecified atom stereocenters. The van der Waals surface area contributed by atoms with Crippen LogP contribution in [0.25, 0.3) is 0 Å². The molecular formula is C8H5IS. The van der Waals surface area contributed by atoms with Gasteiger partial charge in [-0.2, -0.15) is 0 Å². The molecule has 0 aliphatic heterocycles. The van der Waals surface area contributed by atoms with Crippen molar-refractivity contribution >= 4 is 30.1 Å². The summed E-state index contributed by atoms with van der Waals surface area (Å²) in [6.07, 6.45) is 0. The third kappa shape index (κ3) is 2.63. The van der Waals surface area contributed by atoms with Crippen molar-refractivity contribution in [3.8, 4) is 11.2 Å². The van der Waals surface area contributed by atoms with Gasteiger partial charge >= 0.3 is 0 Å². The number of benzene rings is 1. The largest absolute Gasteiger partial charge is 0.0622 e. The first-order valence-electron chi connectivity index (χ1n) is 2.77. The van der Waals surface area contributed by atoms with Crippen molar-refractivity contribution in [1.29, 1.82) is 0 Å². The molecule has 0 aliphatic rings. The Morgan fingerprint density at radius 3 is 2.50 bits per heavy atom. The van der Waals surface area contributed by atoms with E-state index in [-0.39, 0.29) is 0 Å². The van der Waals surface area contributed by atoms with Crippen molar-refractivity contribution in [3.63, 3.8) is 0 Å². The van der Waals surface area contributed by atoms with Gasteiger partial charge in [-0.15, -0.1) is 0 Å². The molecule has 50 valence electrons. The maximum Gasteiger partial charge on any atom is 0.0254 e. The normalized spacial score (nSPS) is 8.10. The van der Waals surface area contributed by atoms with Crippen molar-refractivity contribution in [3.05, 3.63) is 35.9 Å². The number of rotatable bonds is 0. The zero-order chi connectivity index (χ0) is 7.23. The molecule has 0 N–H and O–H groups in total. The maximum absolute atomic E-state index is 3.00. The zero-order valence-electron chi connectivity index (χ0n) is 5.17. The minimum absolute atomic E-state index is 1.08. The molecule has 0 aliphatic carbocycles. The second kappa shape index (κ2) is 4.64. The van der Waals surface area contributed by atoms with Crippen LogP contribution < -0.4 is 0 Å². The van der Waals surface area contributed by atoms with Gasteiger partial charge in [0.1, 0.15) is 0 Å². The van der Waals surface area contributed by atoms with Gasteiger partial charge in [-0.1, -0.05) is 24.1 Å². The van der Waals surface area contributed by atoms with Crippen molar-refractivity contribution in [2.24, 2.45) is 0 Å². The van der Waals surface area contributed by atoms with Gasteiger partial charge in [-0.3, -0.25) is 0 Å². The fraction of sp³-hybridized carbons (Fsp3) is 0. The Morgan fingerprint density at radius 1 is 1.20 bits per heavy atom. The molecule has 0 heterocycles. The van der Waals surface area contributed by atoms with Gasteiger partial charge in [0.25, 0.3) is 0 Å². The Balaban J connectivity index is 2.76. The van der Waals surface area contributed by atoms with Crippen LogP contribution in [0, 0.1) is 11.2 Å². The molecule has 10 heavy (non-hydrogen) atoms. The van der Waals surface area contributed by atoms with E-state index in [2.05, 4.69) is 32.4 Å². The summed E-state index contributed by atoms with van der Waals surface area (Å²) >= 11 is 2.16. The lowest BCUT2D eigenvalue weighted by molar-refractivity contribution is 1.65. The molecule has 1 aromatic carbocycles. The van der Waals surface area contributed by atoms with Gasteiger partial charge in [-0.05, 0) is 26.3 Å². The molecule has 1 rings (SSSR count). The summed E-state index contributed by atoms with van der Waals surface area (Å²) in [7, 11) is 1.51. The van der Waals surface area contributed by atoms with Gasteiger partial charge in [0.15, 0.2) is 0 Å². The maximum atomic E-state index is 3.00. The molecule has 0 nitrogen and oxygen atoms in total. The number of hydrogen-bond donors (Lipinski definition) is 0. The summed E-state index contributed by atoms with van der Waals surface area (Å²) in [6, 6.07) is 9.96. The van der Waals surface area contributed by atoms with E-state index < -0.39 is 0 Å². The molecular weight excluding hydrogens is 255 g/mol. The van der Waals surface area contributed by atoms with Crippen molar-refractivity contribution < 1.29 is 0 Å². The standard InChI is InChI=1S/C8H5IS/c9-10-7-6-8-4-2-1-3-5-8/h1-5H. The molecule has 0 amide bonds. The first-order valence-corrected chi connectivity index (χ1v) is 6.13. The van der Waals surface area contributed by atoms with Crippen LogP contribution in [0.3, 0.4) is 0 Å². The number of hydrogen-bond acceptors (Lipinski definition) is 1. The number of halogens is 1. The van der Waals surface area contributed by atoms with Crippen LogP contribution in [0.1, 0.15) is 5.56 Å². The van der Waals surface area contributed by atoms with Crippen LogP contribution >= 0.6 is 30.1 Å². The van der Waals surface area contributed by atoms with Gasteiger partial charge < -0.3 is 0 Å². The summed E-state index contributed by atoms with van der Waals surface area (Å²) in [6.45, 7) is 0. The minimum Gasteiger partial charge on any atom is -0.0622 e. The smallest absolute Gasteiger partial charge is 0.0254 e. The van der Waals surface area contributed by atoms with E-state index in [0.29, 0.717) is 0 Å². The third-order valence-corrected chi connectivity index (χ3v) is 1.85. The third-order valence-electron chi connectivity index (χ3n) is 1.01. The summed E-state index contributed by atoms with van der Waals surface area (Å²) in [4.78, 5) is 0. The fourth-order valence-corrected chi connectivity index (χ4v) is 1.09. The van der Waals surface area contributed by atoms with Gasteiger partial charge in [-0.25, -0.2) is 0 Å². The molecule has 2 heteroatoms. The highest BCUT2D eigenvalue weighted by molar-refractivity contribution is 14.2. The Hall–Kier alpha value is -0.140. The quantitative estimate of drug-likeness (QED) is 0.510. The second-order valence-corrected chi connectivity index (χ2v) is 3.35. The monoisotopic (exact) mass is 260 g/mol. The van der Waals surface area contributed by atoms with E-state index in [9.17, 15) is 0 Å². The molecule has 0 atom stereocenters. The lowest BCUT2D eigenvalue weighted by Gasteiger charge is -1.83. The van der Waals surface area contributed by atoms with Gasteiger partial charge in [0.05, 0.1) is 0 Å². The molecule has 0 bridgehead atoms. The molecule has 0 aromatic heterocycles. The van der Waals surface area contributed by atoms with Crippen LogP contribution in [0.2, 0.25) is 0 Å². The molecule has 0 fully saturated rings. The van der Waals surface area contributed by atoms with Crippen molar-refractivity contribution in [2.75, 3.05) is 0 Å². The summed E-state index contributed by atoms with van der Waals surface area (Å²) in [5.41, 5.74) is 1.08. The van der Waals surface area contributed by atoms with E-state index in [1.807, 2.05) is 30.3 Å². The Labute approximate surface area is 77.0 Å². The topological polar surface area (TPSA) is 0 Å². The van der Waals surface area contributed by atoms with Crippen LogP contribution in [0.15, 0.2) is 30.3 Å². The van der Waals surface area contributed by atoms with Gasteiger partial charge in [0.2, 0.25) is 0 Å². The summed E-state index contributed by atoms with van der Waals surface area (Å²) < 4.78 is 0. The zero-order valence-corrected chi connectivity index (χ0v) is 8.15. The summed E-state index contributed by atoms with van der Waals surface area (Å²) in [5, 5.41) is 2.92. The molecule has 0 saturated heterocycles. The lowest BCUT2D eigenvalue weighted by Crippen LogP contribution is -1.67. The van der Waals surface area contributed by atoms with Crippen LogP contribution in [-0.4, -0.2) is 0 Å². The predicted octanol–water partition coefficient (Wildman–Crippen LogP) is 3.08. The fourth-order valence-electron chi connectivity index (χ4n) is 0.600. The molecule has 0 spiro atoms. The minimum atomic E-state index is 1.08. The highest BCUT2D eigenvalue weighted by Crippen LogP contribution is 2.07. The van der Waals surface area contributed by atoms with E-state index in [1.54, 1.807) is 0 Å². The second-order valence-electron chi connectivity index (χ2n) is 1.67. The van der Waals surface area contributed by atoms with Crippen molar-refractivity contribution in [2.45, 2.75) is 0 Å². The Bertz CT molecular complexity index is 245. The molecule has 0 radical (unpaired) electrons. The average molecular weight is 260 g/mol. The van der Waals surface area contributed by atoms with E-state index in [4.69, 9.17) is 0 Å². The first-order chi connectivity index (χ1) is 4.93. The van der Waals surface area contributed by atoms with Crippen LogP contribution in [0.4, 0.5) is 0 Å². The Morgan fingerprint density at radius 2 is 1.90 bits per heavy atom. The highest BCUT2D eigenvalue weighted by atomic mass is 127. The highest BCUT2D eigenvalue weighted by Gasteiger charge is 1.79. The van der Waals surface area contributed by atoms with Crippen molar-refractivity contribution in [1.82, 2.24) is 0 Å². The van der Waals surface area contributed by atoms with Crippen LogP contribution in [0.5, 0.6) is 0 Å². The lowest BCUT2D eigenvalue weighted by atomic mass is 10.2. The molecule has 0 saturated carbocycles. The predicted molar refractivity (Wildman–Crippen MR) is 54.9 cm³/mol. The van der Waals surface area contributed by atoms with Crippen LogP contribution in [-0.2, 0) is 0 Å². The van der Waals surface area contributed by atoms with Gasteiger partial charge in [0, 0.05) is 26.8 Å². The van der Waals surface area contributed by atoms with E-state index in [1.165, 1.54) is 8.93 Å². The van der Waals surface area contributed by atoms with E-state index >= 15 is 0 Å². The average Bonchev–Trinajstić information content (AvgIpc) is 2.03. The SMILES string of the molecule is ISC#Cc1ccccc1. The Kier molecular flexibility index (Phi) is 3.69. The summed E-state index contributed by atoms with van der Waals surface area (Å²) in [5.74, 6) is 3.00. The van der Waals surface area contributed by atoms with E-state index in [0.717, 1.165) is 5.56 Å².